The van der Waals surface area contributed by atoms with Crippen LogP contribution >= 0.6 is 0 Å². The molecule has 0 saturated heterocycles. The highest BCUT2D eigenvalue weighted by Gasteiger charge is 2.12. The maximum Gasteiger partial charge on any atom is 0.240 e. The van der Waals surface area contributed by atoms with Crippen LogP contribution in [0.5, 0.6) is 0 Å². The lowest BCUT2D eigenvalue weighted by atomic mass is 10.3. The SMILES string of the molecule is Cc1nonc1CNC(=O)Cn1c(C)nc2ccccc21. The molecule has 1 amide bonds. The fourth-order valence-electron chi connectivity index (χ4n) is 2.19. The first-order valence-electron chi connectivity index (χ1n) is 6.62. The second-order valence-corrected chi connectivity index (χ2v) is 4.81. The van der Waals surface area contributed by atoms with Crippen LogP contribution in [-0.4, -0.2) is 25.8 Å². The van der Waals surface area contributed by atoms with Gasteiger partial charge < -0.3 is 9.88 Å². The Bertz CT molecular complexity index is 790. The van der Waals surface area contributed by atoms with E-state index in [1.165, 1.54) is 0 Å². The van der Waals surface area contributed by atoms with Gasteiger partial charge in [-0.15, -0.1) is 0 Å². The van der Waals surface area contributed by atoms with E-state index in [9.17, 15) is 4.79 Å². The summed E-state index contributed by atoms with van der Waals surface area (Å²) >= 11 is 0. The molecule has 0 radical (unpaired) electrons. The normalized spacial score (nSPS) is 11.0. The van der Waals surface area contributed by atoms with E-state index in [4.69, 9.17) is 0 Å². The van der Waals surface area contributed by atoms with Gasteiger partial charge in [0.05, 0.1) is 17.6 Å². The minimum Gasteiger partial charge on any atom is -0.349 e. The number of fused-ring (bicyclic) bond motifs is 1. The van der Waals surface area contributed by atoms with Gasteiger partial charge >= 0.3 is 0 Å². The molecule has 0 spiro atoms. The van der Waals surface area contributed by atoms with Gasteiger partial charge in [-0.3, -0.25) is 4.79 Å². The van der Waals surface area contributed by atoms with Crippen molar-refractivity contribution in [3.8, 4) is 0 Å². The first-order valence-corrected chi connectivity index (χ1v) is 6.62. The third-order valence-corrected chi connectivity index (χ3v) is 3.35. The minimum atomic E-state index is -0.108. The number of nitrogens with zero attached hydrogens (tertiary/aromatic N) is 4. The van der Waals surface area contributed by atoms with E-state index in [1.807, 2.05) is 35.8 Å². The van der Waals surface area contributed by atoms with Crippen LogP contribution in [-0.2, 0) is 17.9 Å². The number of rotatable bonds is 4. The van der Waals surface area contributed by atoms with Crippen molar-refractivity contribution in [1.29, 1.82) is 0 Å². The molecule has 0 bridgehead atoms. The van der Waals surface area contributed by atoms with Crippen LogP contribution in [0, 0.1) is 13.8 Å². The van der Waals surface area contributed by atoms with Gasteiger partial charge in [0, 0.05) is 0 Å². The molecule has 2 heterocycles. The highest BCUT2D eigenvalue weighted by atomic mass is 16.6. The van der Waals surface area contributed by atoms with Crippen molar-refractivity contribution in [2.45, 2.75) is 26.9 Å². The molecule has 7 nitrogen and oxygen atoms in total. The fraction of sp³-hybridized carbons (Fsp3) is 0.286. The predicted molar refractivity (Wildman–Crippen MR) is 75.4 cm³/mol. The van der Waals surface area contributed by atoms with Crippen LogP contribution in [0.2, 0.25) is 0 Å². The Labute approximate surface area is 120 Å². The first-order chi connectivity index (χ1) is 10.1. The Kier molecular flexibility index (Phi) is 3.39. The zero-order valence-electron chi connectivity index (χ0n) is 11.8. The van der Waals surface area contributed by atoms with Crippen LogP contribution < -0.4 is 5.32 Å². The number of hydrogen-bond acceptors (Lipinski definition) is 5. The molecule has 1 N–H and O–H groups in total. The second kappa shape index (κ2) is 5.35. The highest BCUT2D eigenvalue weighted by Crippen LogP contribution is 2.15. The summed E-state index contributed by atoms with van der Waals surface area (Å²) in [4.78, 5) is 16.5. The van der Waals surface area contributed by atoms with Crippen molar-refractivity contribution in [3.63, 3.8) is 0 Å². The zero-order chi connectivity index (χ0) is 14.8. The summed E-state index contributed by atoms with van der Waals surface area (Å²) < 4.78 is 6.48. The van der Waals surface area contributed by atoms with Crippen molar-refractivity contribution < 1.29 is 9.42 Å². The summed E-state index contributed by atoms with van der Waals surface area (Å²) in [6.07, 6.45) is 0. The number of benzene rings is 1. The molecule has 0 aliphatic rings. The molecule has 108 valence electrons. The van der Waals surface area contributed by atoms with Crippen molar-refractivity contribution in [3.05, 3.63) is 41.5 Å². The van der Waals surface area contributed by atoms with Crippen LogP contribution in [0.15, 0.2) is 28.9 Å². The number of carbonyl (C=O) groups excluding carboxylic acids is 1. The van der Waals surface area contributed by atoms with Crippen molar-refractivity contribution >= 4 is 16.9 Å². The molecule has 0 saturated carbocycles. The summed E-state index contributed by atoms with van der Waals surface area (Å²) in [5.74, 6) is 0.703. The number of imidazole rings is 1. The van der Waals surface area contributed by atoms with Crippen molar-refractivity contribution in [2.24, 2.45) is 0 Å². The number of nitrogens with one attached hydrogen (secondary N) is 1. The lowest BCUT2D eigenvalue weighted by Crippen LogP contribution is -2.27. The number of carbonyl (C=O) groups is 1. The van der Waals surface area contributed by atoms with Gasteiger partial charge in [0.1, 0.15) is 23.8 Å². The Morgan fingerprint density at radius 3 is 2.86 bits per heavy atom. The molecular formula is C14H15N5O2. The molecule has 0 fully saturated rings. The van der Waals surface area contributed by atoms with Gasteiger partial charge in [0.2, 0.25) is 5.91 Å². The topological polar surface area (TPSA) is 85.8 Å². The Morgan fingerprint density at radius 1 is 1.29 bits per heavy atom. The third kappa shape index (κ3) is 2.62. The Balaban J connectivity index is 1.72. The van der Waals surface area contributed by atoms with Crippen LogP contribution in [0.25, 0.3) is 11.0 Å². The molecular weight excluding hydrogens is 270 g/mol. The largest absolute Gasteiger partial charge is 0.349 e. The number of hydrogen-bond donors (Lipinski definition) is 1. The van der Waals surface area contributed by atoms with E-state index in [0.717, 1.165) is 16.9 Å². The quantitative estimate of drug-likeness (QED) is 0.782. The predicted octanol–water partition coefficient (Wildman–Crippen LogP) is 1.35. The standard InChI is InChI=1S/C14H15N5O2/c1-9-12(18-21-17-9)7-15-14(20)8-19-10(2)16-11-5-3-4-6-13(11)19/h3-6H,7-8H2,1-2H3,(H,15,20). The Morgan fingerprint density at radius 2 is 2.10 bits per heavy atom. The molecule has 3 aromatic rings. The maximum atomic E-state index is 12.1. The van der Waals surface area contributed by atoms with E-state index in [-0.39, 0.29) is 12.5 Å². The molecule has 0 aliphatic carbocycles. The number of para-hydroxylation sites is 2. The van der Waals surface area contributed by atoms with Crippen molar-refractivity contribution in [1.82, 2.24) is 25.2 Å². The van der Waals surface area contributed by atoms with E-state index in [2.05, 4.69) is 25.2 Å². The lowest BCUT2D eigenvalue weighted by molar-refractivity contribution is -0.121. The average molecular weight is 285 g/mol. The lowest BCUT2D eigenvalue weighted by Gasteiger charge is -2.07. The van der Waals surface area contributed by atoms with Gasteiger partial charge in [-0.25, -0.2) is 9.61 Å². The molecule has 3 rings (SSSR count). The summed E-state index contributed by atoms with van der Waals surface area (Å²) in [6.45, 7) is 4.20. The van der Waals surface area contributed by atoms with Crippen LogP contribution in [0.3, 0.4) is 0 Å². The fourth-order valence-corrected chi connectivity index (χ4v) is 2.19. The summed E-state index contributed by atoms with van der Waals surface area (Å²) in [7, 11) is 0. The van der Waals surface area contributed by atoms with Gasteiger partial charge in [-0.2, -0.15) is 0 Å². The highest BCUT2D eigenvalue weighted by molar-refractivity contribution is 5.81. The molecule has 0 atom stereocenters. The molecule has 0 aliphatic heterocycles. The first kappa shape index (κ1) is 13.3. The monoisotopic (exact) mass is 285 g/mol. The molecule has 7 heteroatoms. The van der Waals surface area contributed by atoms with Gasteiger partial charge in [0.25, 0.3) is 0 Å². The van der Waals surface area contributed by atoms with Gasteiger partial charge in [0.15, 0.2) is 0 Å². The van der Waals surface area contributed by atoms with Crippen LogP contribution in [0.4, 0.5) is 0 Å². The van der Waals surface area contributed by atoms with E-state index >= 15 is 0 Å². The van der Waals surface area contributed by atoms with Gasteiger partial charge in [-0.1, -0.05) is 22.4 Å². The van der Waals surface area contributed by atoms with E-state index in [0.29, 0.717) is 17.9 Å². The van der Waals surface area contributed by atoms with E-state index in [1.54, 1.807) is 6.92 Å². The van der Waals surface area contributed by atoms with Gasteiger partial charge in [-0.05, 0) is 26.0 Å². The number of aromatic nitrogens is 4. The number of amides is 1. The Hall–Kier alpha value is -2.70. The maximum absolute atomic E-state index is 12.1. The van der Waals surface area contributed by atoms with Crippen molar-refractivity contribution in [2.75, 3.05) is 0 Å². The smallest absolute Gasteiger partial charge is 0.240 e. The van der Waals surface area contributed by atoms with Crippen LogP contribution in [0.1, 0.15) is 17.2 Å². The molecule has 1 aromatic carbocycles. The molecule has 2 aromatic heterocycles. The average Bonchev–Trinajstić information content (AvgIpc) is 3.01. The third-order valence-electron chi connectivity index (χ3n) is 3.35. The second-order valence-electron chi connectivity index (χ2n) is 4.81. The molecule has 21 heavy (non-hydrogen) atoms. The summed E-state index contributed by atoms with van der Waals surface area (Å²) in [5.41, 5.74) is 3.15. The number of aryl methyl sites for hydroxylation is 2. The summed E-state index contributed by atoms with van der Waals surface area (Å²) in [6, 6.07) is 7.75. The zero-order valence-corrected chi connectivity index (χ0v) is 11.8. The molecule has 0 unspecified atom stereocenters. The van der Waals surface area contributed by atoms with E-state index < -0.39 is 0 Å². The summed E-state index contributed by atoms with van der Waals surface area (Å²) in [5, 5.41) is 10.2. The minimum absolute atomic E-state index is 0.108.